The van der Waals surface area contributed by atoms with E-state index in [2.05, 4.69) is 0 Å². The third-order valence-electron chi connectivity index (χ3n) is 3.62. The molecule has 1 heterocycles. The number of amides is 1. The predicted octanol–water partition coefficient (Wildman–Crippen LogP) is 2.53. The number of nitrogens with zero attached hydrogens (tertiary/aromatic N) is 1. The number of hydrogen-bond acceptors (Lipinski definition) is 3. The molecule has 21 heavy (non-hydrogen) atoms. The molecular weight excluding hydrogens is 266 g/mol. The Bertz CT molecular complexity index is 694. The molecule has 0 atom stereocenters. The summed E-state index contributed by atoms with van der Waals surface area (Å²) in [5.41, 5.74) is 2.10. The van der Waals surface area contributed by atoms with Crippen LogP contribution in [0.1, 0.15) is 26.3 Å². The highest BCUT2D eigenvalue weighted by Crippen LogP contribution is 2.24. The first-order valence-corrected chi connectivity index (χ1v) is 6.73. The van der Waals surface area contributed by atoms with E-state index < -0.39 is 0 Å². The SMILES string of the molecule is COc1ccc2c(c1)CN(C(=O)c1ccccc1)CC2=O. The van der Waals surface area contributed by atoms with E-state index in [-0.39, 0.29) is 18.2 Å². The molecule has 2 aromatic rings. The molecule has 106 valence electrons. The van der Waals surface area contributed by atoms with Crippen LogP contribution in [-0.2, 0) is 6.54 Å². The second-order valence-corrected chi connectivity index (χ2v) is 4.97. The average Bonchev–Trinajstić information content (AvgIpc) is 2.54. The fourth-order valence-corrected chi connectivity index (χ4v) is 2.53. The Kier molecular flexibility index (Phi) is 3.44. The molecule has 0 saturated heterocycles. The molecule has 0 spiro atoms. The number of fused-ring (bicyclic) bond motifs is 1. The lowest BCUT2D eigenvalue weighted by molar-refractivity contribution is 0.0679. The van der Waals surface area contributed by atoms with Gasteiger partial charge in [0.2, 0.25) is 0 Å². The summed E-state index contributed by atoms with van der Waals surface area (Å²) in [7, 11) is 1.58. The maximum atomic E-state index is 12.5. The molecule has 1 aliphatic heterocycles. The molecule has 0 unspecified atom stereocenters. The quantitative estimate of drug-likeness (QED) is 0.850. The minimum Gasteiger partial charge on any atom is -0.497 e. The number of carbonyl (C=O) groups is 2. The van der Waals surface area contributed by atoms with Gasteiger partial charge in [0, 0.05) is 17.7 Å². The van der Waals surface area contributed by atoms with Crippen molar-refractivity contribution in [1.82, 2.24) is 4.90 Å². The maximum absolute atomic E-state index is 12.5. The van der Waals surface area contributed by atoms with Crippen LogP contribution in [0, 0.1) is 0 Å². The molecule has 3 rings (SSSR count). The second-order valence-electron chi connectivity index (χ2n) is 4.97. The number of hydrogen-bond donors (Lipinski definition) is 0. The summed E-state index contributed by atoms with van der Waals surface area (Å²) >= 11 is 0. The molecule has 2 aromatic carbocycles. The van der Waals surface area contributed by atoms with Gasteiger partial charge in [0.1, 0.15) is 5.75 Å². The van der Waals surface area contributed by atoms with Crippen LogP contribution in [0.15, 0.2) is 48.5 Å². The third kappa shape index (κ3) is 2.52. The van der Waals surface area contributed by atoms with Crippen molar-refractivity contribution in [1.29, 1.82) is 0 Å². The van der Waals surface area contributed by atoms with Gasteiger partial charge in [0.05, 0.1) is 13.7 Å². The Morgan fingerprint density at radius 2 is 1.86 bits per heavy atom. The van der Waals surface area contributed by atoms with E-state index in [1.807, 2.05) is 24.3 Å². The summed E-state index contributed by atoms with van der Waals surface area (Å²) in [6, 6.07) is 14.4. The maximum Gasteiger partial charge on any atom is 0.254 e. The Morgan fingerprint density at radius 1 is 1.10 bits per heavy atom. The molecule has 0 saturated carbocycles. The van der Waals surface area contributed by atoms with Crippen LogP contribution >= 0.6 is 0 Å². The molecule has 0 aliphatic carbocycles. The number of methoxy groups -OCH3 is 1. The van der Waals surface area contributed by atoms with Crippen molar-refractivity contribution in [3.05, 3.63) is 65.2 Å². The van der Waals surface area contributed by atoms with E-state index in [0.717, 1.165) is 5.56 Å². The number of ether oxygens (including phenoxy) is 1. The monoisotopic (exact) mass is 281 g/mol. The van der Waals surface area contributed by atoms with Gasteiger partial charge in [0.25, 0.3) is 5.91 Å². The molecule has 0 N–H and O–H groups in total. The zero-order valence-corrected chi connectivity index (χ0v) is 11.7. The van der Waals surface area contributed by atoms with Crippen LogP contribution in [0.25, 0.3) is 0 Å². The minimum atomic E-state index is -0.127. The summed E-state index contributed by atoms with van der Waals surface area (Å²) in [5.74, 6) is 0.524. The molecule has 0 radical (unpaired) electrons. The van der Waals surface area contributed by atoms with Gasteiger partial charge in [-0.2, -0.15) is 0 Å². The minimum absolute atomic E-state index is 0.0387. The topological polar surface area (TPSA) is 46.6 Å². The molecule has 1 aliphatic rings. The third-order valence-corrected chi connectivity index (χ3v) is 3.62. The highest BCUT2D eigenvalue weighted by molar-refractivity contribution is 6.04. The number of ketones is 1. The van der Waals surface area contributed by atoms with Crippen LogP contribution < -0.4 is 4.74 Å². The number of carbonyl (C=O) groups excluding carboxylic acids is 2. The summed E-state index contributed by atoms with van der Waals surface area (Å²) in [6.45, 7) is 0.541. The lowest BCUT2D eigenvalue weighted by Gasteiger charge is -2.28. The molecule has 4 heteroatoms. The molecule has 0 aromatic heterocycles. The normalized spacial score (nSPS) is 13.8. The van der Waals surface area contributed by atoms with E-state index in [9.17, 15) is 9.59 Å². The highest BCUT2D eigenvalue weighted by atomic mass is 16.5. The fourth-order valence-electron chi connectivity index (χ4n) is 2.53. The molecule has 1 amide bonds. The van der Waals surface area contributed by atoms with Crippen molar-refractivity contribution in [2.45, 2.75) is 6.54 Å². The van der Waals surface area contributed by atoms with Gasteiger partial charge < -0.3 is 9.64 Å². The second kappa shape index (κ2) is 5.40. The Labute approximate surface area is 123 Å². The Balaban J connectivity index is 1.91. The largest absolute Gasteiger partial charge is 0.497 e. The number of rotatable bonds is 2. The van der Waals surface area contributed by atoms with E-state index in [1.165, 1.54) is 0 Å². The van der Waals surface area contributed by atoms with E-state index >= 15 is 0 Å². The van der Waals surface area contributed by atoms with E-state index in [4.69, 9.17) is 4.74 Å². The summed E-state index contributed by atoms with van der Waals surface area (Å²) in [4.78, 5) is 26.2. The fraction of sp³-hybridized carbons (Fsp3) is 0.176. The van der Waals surface area contributed by atoms with Gasteiger partial charge in [-0.05, 0) is 35.9 Å². The van der Waals surface area contributed by atoms with Crippen LogP contribution in [0.2, 0.25) is 0 Å². The lowest BCUT2D eigenvalue weighted by Crippen LogP contribution is -2.39. The van der Waals surface area contributed by atoms with Crippen LogP contribution in [0.4, 0.5) is 0 Å². The van der Waals surface area contributed by atoms with Crippen molar-refractivity contribution < 1.29 is 14.3 Å². The van der Waals surface area contributed by atoms with Gasteiger partial charge in [-0.1, -0.05) is 18.2 Å². The Morgan fingerprint density at radius 3 is 2.57 bits per heavy atom. The molecule has 4 nitrogen and oxygen atoms in total. The van der Waals surface area contributed by atoms with E-state index in [0.29, 0.717) is 23.4 Å². The van der Waals surface area contributed by atoms with Crippen molar-refractivity contribution in [2.75, 3.05) is 13.7 Å². The van der Waals surface area contributed by atoms with Gasteiger partial charge in [-0.3, -0.25) is 9.59 Å². The highest BCUT2D eigenvalue weighted by Gasteiger charge is 2.27. The number of Topliss-reactive ketones (excluding diaryl/α,β-unsaturated/α-hetero) is 1. The first kappa shape index (κ1) is 13.4. The van der Waals surface area contributed by atoms with Crippen molar-refractivity contribution >= 4 is 11.7 Å². The molecule has 0 fully saturated rings. The molecular formula is C17H15NO3. The Hall–Kier alpha value is -2.62. The first-order chi connectivity index (χ1) is 10.2. The molecule has 0 bridgehead atoms. The van der Waals surface area contributed by atoms with Crippen LogP contribution in [0.5, 0.6) is 5.75 Å². The van der Waals surface area contributed by atoms with Gasteiger partial charge in [-0.15, -0.1) is 0 Å². The van der Waals surface area contributed by atoms with Crippen LogP contribution in [-0.4, -0.2) is 30.2 Å². The summed E-state index contributed by atoms with van der Waals surface area (Å²) in [6.07, 6.45) is 0. The van der Waals surface area contributed by atoms with Crippen molar-refractivity contribution in [2.24, 2.45) is 0 Å². The van der Waals surface area contributed by atoms with Crippen molar-refractivity contribution in [3.8, 4) is 5.75 Å². The first-order valence-electron chi connectivity index (χ1n) is 6.73. The smallest absolute Gasteiger partial charge is 0.254 e. The summed E-state index contributed by atoms with van der Waals surface area (Å²) < 4.78 is 5.18. The predicted molar refractivity (Wildman–Crippen MR) is 78.5 cm³/mol. The van der Waals surface area contributed by atoms with Gasteiger partial charge in [0.15, 0.2) is 5.78 Å². The lowest BCUT2D eigenvalue weighted by atomic mass is 9.97. The van der Waals surface area contributed by atoms with Gasteiger partial charge in [-0.25, -0.2) is 0 Å². The number of benzene rings is 2. The standard InChI is InChI=1S/C17H15NO3/c1-21-14-7-8-15-13(9-14)10-18(11-16(15)19)17(20)12-5-3-2-4-6-12/h2-9H,10-11H2,1H3. The van der Waals surface area contributed by atoms with Crippen molar-refractivity contribution in [3.63, 3.8) is 0 Å². The zero-order chi connectivity index (χ0) is 14.8. The zero-order valence-electron chi connectivity index (χ0n) is 11.7. The van der Waals surface area contributed by atoms with Gasteiger partial charge >= 0.3 is 0 Å². The van der Waals surface area contributed by atoms with Crippen LogP contribution in [0.3, 0.4) is 0 Å². The summed E-state index contributed by atoms with van der Waals surface area (Å²) in [5, 5.41) is 0. The van der Waals surface area contributed by atoms with E-state index in [1.54, 1.807) is 36.3 Å². The average molecular weight is 281 g/mol.